The van der Waals surface area contributed by atoms with Gasteiger partial charge in [-0.1, -0.05) is 185 Å². The highest BCUT2D eigenvalue weighted by Gasteiger charge is 2.04. The Balaban J connectivity index is -0.0000000728. The molecule has 0 fully saturated rings. The summed E-state index contributed by atoms with van der Waals surface area (Å²) in [5, 5.41) is 0. The zero-order valence-corrected chi connectivity index (χ0v) is 27.5. The van der Waals surface area contributed by atoms with E-state index in [2.05, 4.69) is 121 Å². The molecule has 0 unspecified atom stereocenters. The molecule has 0 heteroatoms. The van der Waals surface area contributed by atoms with Gasteiger partial charge in [0.05, 0.1) is 0 Å². The first-order chi connectivity index (χ1) is 16.2. The lowest BCUT2D eigenvalue weighted by molar-refractivity contribution is 0.388. The topological polar surface area (TPSA) is 0 Å². The average Bonchev–Trinajstić information content (AvgIpc) is 2.86. The predicted molar refractivity (Wildman–Crippen MR) is 169 cm³/mol. The summed E-state index contributed by atoms with van der Waals surface area (Å²) < 4.78 is 0. The highest BCUT2D eigenvalue weighted by molar-refractivity contribution is 5.20. The smallest absolute Gasteiger partial charge is 0.0307 e. The fraction of sp³-hybridized carbons (Fsp3) is 0.824. The molecule has 34 heavy (non-hydrogen) atoms. The van der Waals surface area contributed by atoms with Crippen molar-refractivity contribution < 1.29 is 0 Å². The summed E-state index contributed by atoms with van der Waals surface area (Å²) in [6.07, 6.45) is 13.0. The van der Waals surface area contributed by atoms with Crippen molar-refractivity contribution in [1.29, 1.82) is 0 Å². The van der Waals surface area contributed by atoms with Crippen LogP contribution in [0.15, 0.2) is 24.3 Å². The van der Waals surface area contributed by atoms with Crippen LogP contribution in [0, 0.1) is 18.8 Å². The van der Waals surface area contributed by atoms with Gasteiger partial charge in [-0.3, -0.25) is 0 Å². The Morgan fingerprint density at radius 1 is 0.559 bits per heavy atom. The number of benzene rings is 1. The van der Waals surface area contributed by atoms with Gasteiger partial charge >= 0.3 is 0 Å². The van der Waals surface area contributed by atoms with E-state index in [1.807, 2.05) is 13.8 Å². The van der Waals surface area contributed by atoms with Gasteiger partial charge in [0.25, 0.3) is 0 Å². The molecule has 1 aromatic rings. The van der Waals surface area contributed by atoms with Gasteiger partial charge < -0.3 is 0 Å². The van der Waals surface area contributed by atoms with Crippen molar-refractivity contribution in [3.63, 3.8) is 0 Å². The van der Waals surface area contributed by atoms with E-state index in [1.54, 1.807) is 0 Å². The van der Waals surface area contributed by atoms with Gasteiger partial charge in [-0.2, -0.15) is 0 Å². The van der Waals surface area contributed by atoms with Crippen LogP contribution < -0.4 is 0 Å². The molecule has 0 aliphatic heterocycles. The quantitative estimate of drug-likeness (QED) is 0.362. The van der Waals surface area contributed by atoms with Crippen LogP contribution in [0.5, 0.6) is 0 Å². The Labute approximate surface area is 222 Å². The van der Waals surface area contributed by atoms with E-state index >= 15 is 0 Å². The Kier molecular flexibility index (Phi) is 67.6. The van der Waals surface area contributed by atoms with E-state index in [-0.39, 0.29) is 0 Å². The minimum absolute atomic E-state index is 0.884. The molecule has 0 radical (unpaired) electrons. The van der Waals surface area contributed by atoms with Crippen molar-refractivity contribution in [2.45, 2.75) is 175 Å². The van der Waals surface area contributed by atoms with Crippen molar-refractivity contribution in [2.24, 2.45) is 11.8 Å². The molecule has 0 heterocycles. The molecular formula is C34H74. The molecule has 210 valence electrons. The molecule has 1 aromatic carbocycles. The molecule has 0 amide bonds. The molecule has 0 N–H and O–H groups in total. The Morgan fingerprint density at radius 2 is 0.853 bits per heavy atom. The zero-order chi connectivity index (χ0) is 28.2. The monoisotopic (exact) mass is 483 g/mol. The van der Waals surface area contributed by atoms with Crippen molar-refractivity contribution in [3.8, 4) is 0 Å². The number of aryl methyl sites for hydroxylation is 2. The van der Waals surface area contributed by atoms with Crippen LogP contribution in [0.3, 0.4) is 0 Å². The SMILES string of the molecule is CC.CCC.CCC.CCC(CC)CC(C)C.CCCC.CCCC.CCc1ccc(C)cc1. The van der Waals surface area contributed by atoms with Gasteiger partial charge in [0.2, 0.25) is 0 Å². The second-order valence-electron chi connectivity index (χ2n) is 9.07. The maximum atomic E-state index is 2.30. The summed E-state index contributed by atoms with van der Waals surface area (Å²) in [5.74, 6) is 1.86. The molecule has 0 saturated carbocycles. The minimum atomic E-state index is 0.884. The van der Waals surface area contributed by atoms with Crippen molar-refractivity contribution in [3.05, 3.63) is 35.4 Å². The molecule has 0 atom stereocenters. The Morgan fingerprint density at radius 3 is 1.00 bits per heavy atom. The first-order valence-electron chi connectivity index (χ1n) is 15.2. The van der Waals surface area contributed by atoms with Crippen LogP contribution in [-0.2, 0) is 6.42 Å². The summed E-state index contributed by atoms with van der Waals surface area (Å²) >= 11 is 0. The third-order valence-corrected chi connectivity index (χ3v) is 4.49. The van der Waals surface area contributed by atoms with Gasteiger partial charge in [-0.15, -0.1) is 0 Å². The lowest BCUT2D eigenvalue weighted by atomic mass is 9.93. The number of unbranched alkanes of at least 4 members (excludes halogenated alkanes) is 2. The molecule has 0 saturated heterocycles. The number of rotatable bonds is 7. The third kappa shape index (κ3) is 63.3. The van der Waals surface area contributed by atoms with E-state index in [1.165, 1.54) is 68.9 Å². The van der Waals surface area contributed by atoms with Crippen LogP contribution in [0.25, 0.3) is 0 Å². The molecular weight excluding hydrogens is 408 g/mol. The first kappa shape index (κ1) is 46.5. The summed E-state index contributed by atoms with van der Waals surface area (Å²) in [7, 11) is 0. The maximum Gasteiger partial charge on any atom is -0.0307 e. The van der Waals surface area contributed by atoms with Crippen LogP contribution in [-0.4, -0.2) is 0 Å². The van der Waals surface area contributed by atoms with E-state index in [9.17, 15) is 0 Å². The fourth-order valence-electron chi connectivity index (χ4n) is 2.11. The van der Waals surface area contributed by atoms with Gasteiger partial charge in [-0.25, -0.2) is 0 Å². The summed E-state index contributed by atoms with van der Waals surface area (Å²) in [4.78, 5) is 0. The van der Waals surface area contributed by atoms with Crippen LogP contribution in [0.2, 0.25) is 0 Å². The second-order valence-corrected chi connectivity index (χ2v) is 9.07. The standard InChI is InChI=1S/C9H12.C9H20.2C4H10.2C3H8.C2H6/c1-3-9-6-4-8(2)5-7-9;1-5-9(6-2)7-8(3)4;2*1-3-4-2;2*1-3-2;1-2/h4-7H,3H2,1-2H3;8-9H,5-7H2,1-4H3;2*3-4H2,1-2H3;2*3H2,1-2H3;1-2H3. The average molecular weight is 483 g/mol. The van der Waals surface area contributed by atoms with Crippen molar-refractivity contribution >= 4 is 0 Å². The van der Waals surface area contributed by atoms with Gasteiger partial charge in [0.15, 0.2) is 0 Å². The van der Waals surface area contributed by atoms with Crippen LogP contribution >= 0.6 is 0 Å². The van der Waals surface area contributed by atoms with Crippen molar-refractivity contribution in [1.82, 2.24) is 0 Å². The van der Waals surface area contributed by atoms with Crippen molar-refractivity contribution in [2.75, 3.05) is 0 Å². The third-order valence-electron chi connectivity index (χ3n) is 4.49. The predicted octanol–water partition coefficient (Wildman–Crippen LogP) is 13.5. The first-order valence-corrected chi connectivity index (χ1v) is 15.2. The summed E-state index contributed by atoms with van der Waals surface area (Å²) in [5.41, 5.74) is 2.76. The van der Waals surface area contributed by atoms with Gasteiger partial charge in [0, 0.05) is 0 Å². The normalized spacial score (nSPS) is 8.53. The largest absolute Gasteiger partial charge is 0.0683 e. The van der Waals surface area contributed by atoms with Gasteiger partial charge in [-0.05, 0) is 37.2 Å². The van der Waals surface area contributed by atoms with E-state index < -0.39 is 0 Å². The highest BCUT2D eigenvalue weighted by Crippen LogP contribution is 2.17. The zero-order valence-electron chi connectivity index (χ0n) is 27.5. The number of hydrogen-bond donors (Lipinski definition) is 0. The summed E-state index contributed by atoms with van der Waals surface area (Å²) in [6, 6.07) is 8.66. The van der Waals surface area contributed by atoms with Crippen LogP contribution in [0.1, 0.15) is 173 Å². The molecule has 1 rings (SSSR count). The maximum absolute atomic E-state index is 2.30. The Hall–Kier alpha value is -0.780. The lowest BCUT2D eigenvalue weighted by Gasteiger charge is -2.13. The molecule has 0 bridgehead atoms. The minimum Gasteiger partial charge on any atom is -0.0683 e. The molecule has 0 aromatic heterocycles. The molecule has 0 nitrogen and oxygen atoms in total. The van der Waals surface area contributed by atoms with E-state index in [4.69, 9.17) is 0 Å². The number of hydrogen-bond acceptors (Lipinski definition) is 0. The molecule has 0 spiro atoms. The molecule has 0 aliphatic rings. The lowest BCUT2D eigenvalue weighted by Crippen LogP contribution is -2.00. The van der Waals surface area contributed by atoms with E-state index in [0.717, 1.165) is 18.3 Å². The van der Waals surface area contributed by atoms with Gasteiger partial charge in [0.1, 0.15) is 0 Å². The summed E-state index contributed by atoms with van der Waals surface area (Å²) in [6.45, 7) is 34.7. The fourth-order valence-corrected chi connectivity index (χ4v) is 2.11. The second kappa shape index (κ2) is 49.4. The highest BCUT2D eigenvalue weighted by atomic mass is 14.1. The van der Waals surface area contributed by atoms with E-state index in [0.29, 0.717) is 0 Å². The molecule has 0 aliphatic carbocycles. The Bertz CT molecular complexity index is 346. The van der Waals surface area contributed by atoms with Crippen LogP contribution in [0.4, 0.5) is 0 Å².